The van der Waals surface area contributed by atoms with Crippen LogP contribution >= 0.6 is 0 Å². The first-order chi connectivity index (χ1) is 11.9. The van der Waals surface area contributed by atoms with Crippen LogP contribution in [0.2, 0.25) is 0 Å². The molecule has 2 bridgehead atoms. The van der Waals surface area contributed by atoms with Crippen LogP contribution in [0.4, 0.5) is 0 Å². The van der Waals surface area contributed by atoms with Gasteiger partial charge in [0.1, 0.15) is 0 Å². The Balaban J connectivity index is 2.02. The molecule has 134 valence electrons. The average molecular weight is 345 g/mol. The molecule has 1 unspecified atom stereocenters. The first-order valence-corrected chi connectivity index (χ1v) is 8.52. The van der Waals surface area contributed by atoms with E-state index in [-0.39, 0.29) is 29.9 Å². The number of carbonyl (C=O) groups excluding carboxylic acids is 1. The highest BCUT2D eigenvalue weighted by Gasteiger charge is 2.59. The van der Waals surface area contributed by atoms with Crippen molar-refractivity contribution in [3.8, 4) is 11.5 Å². The summed E-state index contributed by atoms with van der Waals surface area (Å²) < 4.78 is 10.6. The lowest BCUT2D eigenvalue weighted by atomic mass is 9.53. The fourth-order valence-electron chi connectivity index (χ4n) is 5.09. The summed E-state index contributed by atoms with van der Waals surface area (Å²) in [5.74, 6) is 0.574. The van der Waals surface area contributed by atoms with Crippen molar-refractivity contribution in [3.05, 3.63) is 35.1 Å². The number of hydrogen-bond donors (Lipinski definition) is 2. The summed E-state index contributed by atoms with van der Waals surface area (Å²) in [6.45, 7) is 0.748. The third kappa shape index (κ3) is 2.01. The SMILES string of the molecule is COC1=CC2[C@@H]3[C@H](O)c4ccc(OC)c(O)c4[C@]2(CCN3C)CC1=O. The number of likely N-dealkylation sites (N-methyl/N-ethyl adjacent to an activating group) is 1. The Morgan fingerprint density at radius 3 is 2.72 bits per heavy atom. The van der Waals surface area contributed by atoms with Gasteiger partial charge in [-0.1, -0.05) is 6.07 Å². The van der Waals surface area contributed by atoms with E-state index in [1.165, 1.54) is 14.2 Å². The molecule has 1 saturated heterocycles. The summed E-state index contributed by atoms with van der Waals surface area (Å²) in [5.41, 5.74) is 0.811. The Hall–Kier alpha value is -2.05. The lowest BCUT2D eigenvalue weighted by Crippen LogP contribution is -2.61. The van der Waals surface area contributed by atoms with Gasteiger partial charge in [0.15, 0.2) is 23.0 Å². The number of aliphatic hydroxyl groups excluding tert-OH is 1. The minimum Gasteiger partial charge on any atom is -0.504 e. The number of phenols is 1. The van der Waals surface area contributed by atoms with E-state index < -0.39 is 11.5 Å². The number of piperidine rings is 1. The molecule has 1 heterocycles. The molecule has 4 atom stereocenters. The highest BCUT2D eigenvalue weighted by atomic mass is 16.5. The lowest BCUT2D eigenvalue weighted by Gasteiger charge is -2.58. The van der Waals surface area contributed by atoms with E-state index in [0.717, 1.165) is 13.0 Å². The quantitative estimate of drug-likeness (QED) is 0.846. The zero-order valence-electron chi connectivity index (χ0n) is 14.7. The lowest BCUT2D eigenvalue weighted by molar-refractivity contribution is -0.124. The van der Waals surface area contributed by atoms with E-state index in [0.29, 0.717) is 22.6 Å². The zero-order valence-corrected chi connectivity index (χ0v) is 14.7. The maximum atomic E-state index is 12.6. The molecule has 0 radical (unpaired) electrons. The van der Waals surface area contributed by atoms with Gasteiger partial charge in [-0.2, -0.15) is 0 Å². The number of ketones is 1. The average Bonchev–Trinajstić information content (AvgIpc) is 2.60. The Bertz CT molecular complexity index is 773. The third-order valence-corrected chi connectivity index (χ3v) is 6.26. The zero-order chi connectivity index (χ0) is 17.9. The molecule has 0 spiro atoms. The van der Waals surface area contributed by atoms with Crippen LogP contribution in [0, 0.1) is 5.92 Å². The van der Waals surface area contributed by atoms with Crippen LogP contribution in [0.1, 0.15) is 30.1 Å². The number of allylic oxidation sites excluding steroid dienone is 1. The number of phenolic OH excluding ortho intramolecular Hbond substituents is 1. The van der Waals surface area contributed by atoms with Crippen LogP contribution in [-0.4, -0.2) is 54.8 Å². The van der Waals surface area contributed by atoms with Crippen molar-refractivity contribution >= 4 is 5.78 Å². The van der Waals surface area contributed by atoms with Gasteiger partial charge in [0.05, 0.1) is 20.3 Å². The first kappa shape index (κ1) is 16.4. The second-order valence-electron chi connectivity index (χ2n) is 7.26. The number of carbonyl (C=O) groups is 1. The van der Waals surface area contributed by atoms with Crippen molar-refractivity contribution < 1.29 is 24.5 Å². The van der Waals surface area contributed by atoms with Gasteiger partial charge < -0.3 is 19.7 Å². The number of likely N-dealkylation sites (tertiary alicyclic amines) is 1. The highest BCUT2D eigenvalue weighted by Crippen LogP contribution is 2.60. The van der Waals surface area contributed by atoms with Crippen molar-refractivity contribution in [3.63, 3.8) is 0 Å². The predicted molar refractivity (Wildman–Crippen MR) is 90.5 cm³/mol. The topological polar surface area (TPSA) is 79.2 Å². The van der Waals surface area contributed by atoms with Gasteiger partial charge in [0.2, 0.25) is 0 Å². The molecule has 0 saturated carbocycles. The van der Waals surface area contributed by atoms with Crippen LogP contribution in [0.25, 0.3) is 0 Å². The van der Waals surface area contributed by atoms with E-state index in [1.54, 1.807) is 6.07 Å². The Labute approximate surface area is 146 Å². The number of hydrogen-bond acceptors (Lipinski definition) is 6. The molecule has 1 aromatic carbocycles. The number of ether oxygens (including phenoxy) is 2. The number of aliphatic hydroxyl groups is 1. The molecule has 1 aliphatic heterocycles. The van der Waals surface area contributed by atoms with Crippen LogP contribution in [-0.2, 0) is 14.9 Å². The summed E-state index contributed by atoms with van der Waals surface area (Å²) in [6.07, 6.45) is 2.08. The minimum atomic E-state index is -0.752. The first-order valence-electron chi connectivity index (χ1n) is 8.52. The third-order valence-electron chi connectivity index (χ3n) is 6.26. The van der Waals surface area contributed by atoms with Gasteiger partial charge in [-0.25, -0.2) is 0 Å². The highest BCUT2D eigenvalue weighted by molar-refractivity contribution is 5.96. The molecule has 2 N–H and O–H groups in total. The molecule has 3 aliphatic rings. The van der Waals surface area contributed by atoms with Crippen molar-refractivity contribution in [2.45, 2.75) is 30.4 Å². The minimum absolute atomic E-state index is 0.0362. The monoisotopic (exact) mass is 345 g/mol. The van der Waals surface area contributed by atoms with Gasteiger partial charge >= 0.3 is 0 Å². The Kier molecular flexibility index (Phi) is 3.60. The van der Waals surface area contributed by atoms with Crippen molar-refractivity contribution in [1.82, 2.24) is 4.90 Å². The number of Topliss-reactive ketones (excluding diaryl/α,β-unsaturated/α-hetero) is 1. The molecule has 2 aliphatic carbocycles. The normalized spacial score (nSPS) is 34.0. The number of methoxy groups -OCH3 is 2. The molecule has 1 aromatic rings. The Morgan fingerprint density at radius 2 is 2.04 bits per heavy atom. The summed E-state index contributed by atoms with van der Waals surface area (Å²) in [6, 6.07) is 3.32. The molecule has 6 heteroatoms. The molecular weight excluding hydrogens is 322 g/mol. The van der Waals surface area contributed by atoms with Gasteiger partial charge in [-0.05, 0) is 37.7 Å². The molecule has 1 fully saturated rings. The van der Waals surface area contributed by atoms with Gasteiger partial charge in [0.25, 0.3) is 0 Å². The number of nitrogens with zero attached hydrogens (tertiary/aromatic N) is 1. The number of aromatic hydroxyl groups is 1. The van der Waals surface area contributed by atoms with Gasteiger partial charge in [-0.15, -0.1) is 0 Å². The van der Waals surface area contributed by atoms with Crippen LogP contribution < -0.4 is 4.74 Å². The largest absolute Gasteiger partial charge is 0.504 e. The number of fused-ring (bicyclic) bond motifs is 1. The van der Waals surface area contributed by atoms with Crippen LogP contribution in [0.15, 0.2) is 24.0 Å². The molecule has 25 heavy (non-hydrogen) atoms. The molecular formula is C19H23NO5. The van der Waals surface area contributed by atoms with E-state index >= 15 is 0 Å². The number of rotatable bonds is 2. The van der Waals surface area contributed by atoms with E-state index in [1.807, 2.05) is 19.2 Å². The standard InChI is InChI=1S/C19H23NO5/c1-20-7-6-19-9-12(21)14(25-3)8-11(19)16(20)17(22)10-4-5-13(24-2)18(23)15(10)19/h4-5,8,11,16-17,22-23H,6-7,9H2,1-3H3/t11?,16-,17-,19-/m1/s1. The number of benzene rings is 1. The summed E-state index contributed by atoms with van der Waals surface area (Å²) in [4.78, 5) is 14.8. The van der Waals surface area contributed by atoms with E-state index in [2.05, 4.69) is 4.90 Å². The van der Waals surface area contributed by atoms with Crippen molar-refractivity contribution in [2.24, 2.45) is 5.92 Å². The second-order valence-corrected chi connectivity index (χ2v) is 7.26. The maximum Gasteiger partial charge on any atom is 0.197 e. The van der Waals surface area contributed by atoms with Crippen molar-refractivity contribution in [2.75, 3.05) is 27.8 Å². The fraction of sp³-hybridized carbons (Fsp3) is 0.526. The van der Waals surface area contributed by atoms with Crippen LogP contribution in [0.5, 0.6) is 11.5 Å². The van der Waals surface area contributed by atoms with Gasteiger partial charge in [0, 0.05) is 29.4 Å². The molecule has 4 rings (SSSR count). The maximum absolute atomic E-state index is 12.6. The summed E-state index contributed by atoms with van der Waals surface area (Å²) >= 11 is 0. The predicted octanol–water partition coefficient (Wildman–Crippen LogP) is 1.51. The summed E-state index contributed by atoms with van der Waals surface area (Å²) in [7, 11) is 4.99. The fourth-order valence-corrected chi connectivity index (χ4v) is 5.09. The second kappa shape index (κ2) is 5.47. The molecule has 6 nitrogen and oxygen atoms in total. The van der Waals surface area contributed by atoms with Crippen molar-refractivity contribution in [1.29, 1.82) is 0 Å². The van der Waals surface area contributed by atoms with Crippen LogP contribution in [0.3, 0.4) is 0 Å². The Morgan fingerprint density at radius 1 is 1.28 bits per heavy atom. The van der Waals surface area contributed by atoms with E-state index in [4.69, 9.17) is 9.47 Å². The molecule has 0 amide bonds. The smallest absolute Gasteiger partial charge is 0.197 e. The van der Waals surface area contributed by atoms with E-state index in [9.17, 15) is 15.0 Å². The molecule has 0 aromatic heterocycles. The van der Waals surface area contributed by atoms with Gasteiger partial charge in [-0.3, -0.25) is 9.69 Å². The summed E-state index contributed by atoms with van der Waals surface area (Å²) in [5, 5.41) is 21.9.